The first-order valence-corrected chi connectivity index (χ1v) is 25.3. The van der Waals surface area contributed by atoms with E-state index in [0.29, 0.717) is 0 Å². The molecule has 8 fully saturated rings. The summed E-state index contributed by atoms with van der Waals surface area (Å²) >= 11 is 0. The lowest BCUT2D eigenvalue weighted by atomic mass is 9.24. The molecular formula is C49H87BN2. The molecule has 0 spiro atoms. The van der Waals surface area contributed by atoms with Gasteiger partial charge in [-0.1, -0.05) is 184 Å². The number of hydrogen-bond donors (Lipinski definition) is 0. The van der Waals surface area contributed by atoms with E-state index in [4.69, 9.17) is 0 Å². The van der Waals surface area contributed by atoms with Crippen molar-refractivity contribution in [2.75, 3.05) is 7.05 Å². The summed E-state index contributed by atoms with van der Waals surface area (Å²) < 4.78 is 0. The third-order valence-corrected chi connectivity index (χ3v) is 18.5. The van der Waals surface area contributed by atoms with Crippen LogP contribution in [0.4, 0.5) is 0 Å². The van der Waals surface area contributed by atoms with Crippen molar-refractivity contribution in [3.8, 4) is 0 Å². The molecule has 0 N–H and O–H groups in total. The van der Waals surface area contributed by atoms with Gasteiger partial charge < -0.3 is 0 Å². The van der Waals surface area contributed by atoms with Gasteiger partial charge in [0.15, 0.2) is 0 Å². The minimum absolute atomic E-state index is 0.885. The van der Waals surface area contributed by atoms with E-state index < -0.39 is 0 Å². The van der Waals surface area contributed by atoms with Crippen LogP contribution in [0.3, 0.4) is 0 Å². The summed E-state index contributed by atoms with van der Waals surface area (Å²) in [6.45, 7) is 1.02. The van der Waals surface area contributed by atoms with E-state index in [1.54, 1.807) is 103 Å². The highest BCUT2D eigenvalue weighted by molar-refractivity contribution is 6.63. The van der Waals surface area contributed by atoms with Crippen molar-refractivity contribution in [3.63, 3.8) is 0 Å². The molecule has 2 nitrogen and oxygen atoms in total. The second-order valence-corrected chi connectivity index (χ2v) is 21.3. The summed E-state index contributed by atoms with van der Waals surface area (Å²) in [6, 6.07) is 4.54. The monoisotopic (exact) mass is 715 g/mol. The van der Waals surface area contributed by atoms with E-state index in [2.05, 4.69) is 16.8 Å². The van der Waals surface area contributed by atoms with Gasteiger partial charge in [-0.2, -0.15) is 0 Å². The molecule has 0 aromatic carbocycles. The molecular weight excluding hydrogens is 627 g/mol. The molecule has 0 aromatic heterocycles. The highest BCUT2D eigenvalue weighted by atomic mass is 15.3. The van der Waals surface area contributed by atoms with Crippen LogP contribution in [0, 0.1) is 23.7 Å². The number of likely N-dealkylation sites (tertiary alicyclic amines) is 1. The van der Waals surface area contributed by atoms with Crippen LogP contribution in [-0.4, -0.2) is 53.8 Å². The van der Waals surface area contributed by atoms with Gasteiger partial charge in [0.05, 0.1) is 0 Å². The van der Waals surface area contributed by atoms with Crippen LogP contribution in [0.2, 0.25) is 17.5 Å². The lowest BCUT2D eigenvalue weighted by Gasteiger charge is -2.49. The Kier molecular flexibility index (Phi) is 14.5. The Morgan fingerprint density at radius 3 is 1.19 bits per heavy atom. The lowest BCUT2D eigenvalue weighted by Crippen LogP contribution is -2.51. The molecule has 12 atom stereocenters. The second kappa shape index (κ2) is 19.4. The van der Waals surface area contributed by atoms with Crippen molar-refractivity contribution < 1.29 is 0 Å². The molecule has 52 heavy (non-hydrogen) atoms. The zero-order valence-electron chi connectivity index (χ0n) is 34.9. The Morgan fingerprint density at radius 2 is 0.654 bits per heavy atom. The molecule has 0 amide bonds. The Bertz CT molecular complexity index is 1050. The molecule has 3 saturated heterocycles. The molecule has 296 valence electrons. The maximum absolute atomic E-state index is 3.46. The lowest BCUT2D eigenvalue weighted by molar-refractivity contribution is 0.0756. The summed E-state index contributed by atoms with van der Waals surface area (Å²) in [5.41, 5.74) is 0. The molecule has 3 heteroatoms. The summed E-state index contributed by atoms with van der Waals surface area (Å²) in [7, 11) is 2.66. The first-order valence-electron chi connectivity index (χ1n) is 25.3. The largest absolute Gasteiger partial charge is 0.300 e. The highest BCUT2D eigenvalue weighted by Gasteiger charge is 2.55. The molecule has 3 aliphatic heterocycles. The van der Waals surface area contributed by atoms with Gasteiger partial charge in [0.1, 0.15) is 6.71 Å². The van der Waals surface area contributed by atoms with Gasteiger partial charge in [0, 0.05) is 30.2 Å². The average Bonchev–Trinajstić information content (AvgIpc) is 3.55. The molecule has 8 aliphatic rings. The van der Waals surface area contributed by atoms with Gasteiger partial charge >= 0.3 is 0 Å². The maximum Gasteiger partial charge on any atom is 0.149 e. The summed E-state index contributed by atoms with van der Waals surface area (Å²) in [4.78, 5) is 6.55. The molecule has 8 rings (SSSR count). The van der Waals surface area contributed by atoms with Crippen molar-refractivity contribution in [2.24, 2.45) is 23.7 Å². The predicted octanol–water partition coefficient (Wildman–Crippen LogP) is 14.3. The molecule has 0 radical (unpaired) electrons. The van der Waals surface area contributed by atoms with E-state index in [0.717, 1.165) is 78.0 Å². The van der Waals surface area contributed by atoms with E-state index in [-0.39, 0.29) is 0 Å². The first kappa shape index (κ1) is 38.8. The second-order valence-electron chi connectivity index (χ2n) is 21.3. The standard InChI is InChI=1S/C49H87BN2/c1-51-46-33-23-14-13-20-29-42(46)44-31-21-11-9-16-26-39(36-48(44)51)50-38-25-15-5-4-6-18-28-41(35-38)52-47-34-24-8-3-2-7-19-30-43(47)45-32-22-12-10-17-27-40(50)37-49(45)52/h38-49H,2-37H2,1H3. The third-order valence-electron chi connectivity index (χ3n) is 18.5. The van der Waals surface area contributed by atoms with Crippen molar-refractivity contribution in [2.45, 2.75) is 279 Å². The topological polar surface area (TPSA) is 6.48 Å². The SMILES string of the molecule is CN1C2CCCCCCC2C2CCCCCCC(B3C4CCCCCCCC(C4)N4C5CCCCCCCCC5C5CCCCCCC3CC54)CC21. The molecule has 4 bridgehead atoms. The van der Waals surface area contributed by atoms with Crippen LogP contribution >= 0.6 is 0 Å². The smallest absolute Gasteiger partial charge is 0.149 e. The zero-order valence-corrected chi connectivity index (χ0v) is 34.9. The van der Waals surface area contributed by atoms with Gasteiger partial charge in [0.2, 0.25) is 0 Å². The first-order chi connectivity index (χ1) is 25.8. The summed E-state index contributed by atoms with van der Waals surface area (Å²) in [5.74, 6) is 7.05. The van der Waals surface area contributed by atoms with E-state index in [1.165, 1.54) is 128 Å². The van der Waals surface area contributed by atoms with Gasteiger partial charge in [-0.3, -0.25) is 9.80 Å². The minimum atomic E-state index is 0.885. The number of rotatable bonds is 1. The van der Waals surface area contributed by atoms with Crippen molar-refractivity contribution in [1.29, 1.82) is 0 Å². The number of hydrogen-bond acceptors (Lipinski definition) is 2. The Labute approximate surface area is 325 Å². The Morgan fingerprint density at radius 1 is 0.308 bits per heavy atom. The van der Waals surface area contributed by atoms with Crippen molar-refractivity contribution in [3.05, 3.63) is 0 Å². The van der Waals surface area contributed by atoms with Crippen LogP contribution in [0.15, 0.2) is 0 Å². The van der Waals surface area contributed by atoms with Crippen LogP contribution in [0.5, 0.6) is 0 Å². The van der Waals surface area contributed by atoms with E-state index in [1.807, 2.05) is 0 Å². The van der Waals surface area contributed by atoms with Crippen molar-refractivity contribution >= 4 is 6.71 Å². The molecule has 3 heterocycles. The molecule has 5 saturated carbocycles. The van der Waals surface area contributed by atoms with Gasteiger partial charge in [0.25, 0.3) is 0 Å². The number of nitrogens with zero attached hydrogens (tertiary/aromatic N) is 2. The van der Waals surface area contributed by atoms with Gasteiger partial charge in [-0.15, -0.1) is 0 Å². The Balaban J connectivity index is 1.16. The van der Waals surface area contributed by atoms with Gasteiger partial charge in [-0.05, 0) is 94.9 Å². The average molecular weight is 715 g/mol. The predicted molar refractivity (Wildman–Crippen MR) is 226 cm³/mol. The maximum atomic E-state index is 3.46. The van der Waals surface area contributed by atoms with Gasteiger partial charge in [-0.25, -0.2) is 0 Å². The molecule has 12 unspecified atom stereocenters. The summed E-state index contributed by atoms with van der Waals surface area (Å²) in [5, 5.41) is 0. The fourth-order valence-electron chi connectivity index (χ4n) is 16.3. The Hall–Kier alpha value is -0.0151. The fourth-order valence-corrected chi connectivity index (χ4v) is 16.3. The summed E-state index contributed by atoms with van der Waals surface area (Å²) in [6.07, 6.45) is 55.5. The normalized spacial score (nSPS) is 44.4. The van der Waals surface area contributed by atoms with Crippen LogP contribution in [0.25, 0.3) is 0 Å². The van der Waals surface area contributed by atoms with Crippen LogP contribution < -0.4 is 0 Å². The fraction of sp³-hybridized carbons (Fsp3) is 1.00. The third kappa shape index (κ3) is 8.92. The van der Waals surface area contributed by atoms with E-state index in [9.17, 15) is 0 Å². The zero-order chi connectivity index (χ0) is 35.1. The molecule has 0 aromatic rings. The van der Waals surface area contributed by atoms with Crippen molar-refractivity contribution in [1.82, 2.24) is 9.80 Å². The quantitative estimate of drug-likeness (QED) is 0.250. The van der Waals surface area contributed by atoms with Crippen LogP contribution in [0.1, 0.15) is 231 Å². The highest BCUT2D eigenvalue weighted by Crippen LogP contribution is 2.57. The van der Waals surface area contributed by atoms with E-state index >= 15 is 0 Å². The molecule has 5 aliphatic carbocycles. The van der Waals surface area contributed by atoms with Crippen LogP contribution in [-0.2, 0) is 0 Å². The minimum Gasteiger partial charge on any atom is -0.300 e. The number of fused-ring (bicyclic) bond motifs is 10.